The summed E-state index contributed by atoms with van der Waals surface area (Å²) in [5.41, 5.74) is 1.38. The minimum Gasteiger partial charge on any atom is -0.309 e. The van der Waals surface area contributed by atoms with Gasteiger partial charge in [0.2, 0.25) is 5.91 Å². The summed E-state index contributed by atoms with van der Waals surface area (Å²) < 4.78 is 17.1. The molecule has 2 aromatic carbocycles. The van der Waals surface area contributed by atoms with Crippen LogP contribution in [0.5, 0.6) is 0 Å². The molecule has 29 heavy (non-hydrogen) atoms. The quantitative estimate of drug-likeness (QED) is 0.510. The van der Waals surface area contributed by atoms with Gasteiger partial charge in [0.1, 0.15) is 18.2 Å². The first-order valence-electron chi connectivity index (χ1n) is 8.68. The number of hydrogen-bond donors (Lipinski definition) is 1. The number of rotatable bonds is 4. The molecule has 2 heterocycles. The number of hydrogen-bond acceptors (Lipinski definition) is 4. The third kappa shape index (κ3) is 3.95. The van der Waals surface area contributed by atoms with Crippen LogP contribution in [-0.4, -0.2) is 25.2 Å². The number of amides is 1. The number of carbonyl (C=O) groups excluding carboxylic acids is 1. The summed E-state index contributed by atoms with van der Waals surface area (Å²) in [6, 6.07) is 13.0. The van der Waals surface area contributed by atoms with Crippen molar-refractivity contribution in [2.24, 2.45) is 0 Å². The Labute approximate surface area is 172 Å². The number of aromatic nitrogens is 4. The second-order valence-electron chi connectivity index (χ2n) is 6.45. The number of fused-ring (bicyclic) bond motifs is 1. The van der Waals surface area contributed by atoms with Crippen molar-refractivity contribution in [3.05, 3.63) is 81.2 Å². The molecular formula is C20H15BrFN5O2. The van der Waals surface area contributed by atoms with Crippen molar-refractivity contribution in [1.29, 1.82) is 0 Å². The van der Waals surface area contributed by atoms with Crippen LogP contribution in [0, 0.1) is 12.7 Å². The van der Waals surface area contributed by atoms with Gasteiger partial charge in [0.15, 0.2) is 0 Å². The van der Waals surface area contributed by atoms with Gasteiger partial charge in [-0.05, 0) is 43.3 Å². The molecule has 0 aliphatic rings. The first-order valence-corrected chi connectivity index (χ1v) is 9.47. The second-order valence-corrected chi connectivity index (χ2v) is 7.37. The number of carbonyl (C=O) groups is 1. The van der Waals surface area contributed by atoms with Crippen LogP contribution in [0.3, 0.4) is 0 Å². The fourth-order valence-electron chi connectivity index (χ4n) is 2.97. The average molecular weight is 456 g/mol. The second kappa shape index (κ2) is 7.59. The topological polar surface area (TPSA) is 81.8 Å². The number of anilines is 1. The predicted octanol–water partition coefficient (Wildman–Crippen LogP) is 3.43. The highest BCUT2D eigenvalue weighted by Gasteiger charge is 2.13. The van der Waals surface area contributed by atoms with Gasteiger partial charge in [-0.15, -0.1) is 0 Å². The summed E-state index contributed by atoms with van der Waals surface area (Å²) in [4.78, 5) is 29.2. The molecule has 146 valence electrons. The lowest BCUT2D eigenvalue weighted by atomic mass is 10.2. The van der Waals surface area contributed by atoms with Gasteiger partial charge in [-0.1, -0.05) is 22.0 Å². The molecule has 7 nitrogen and oxygen atoms in total. The minimum atomic E-state index is -0.535. The molecule has 0 fully saturated rings. The lowest BCUT2D eigenvalue weighted by Gasteiger charge is -2.10. The fraction of sp³-hybridized carbons (Fsp3) is 0.100. The third-order valence-corrected chi connectivity index (χ3v) is 4.75. The summed E-state index contributed by atoms with van der Waals surface area (Å²) in [6.45, 7) is 1.55. The highest BCUT2D eigenvalue weighted by atomic mass is 79.9. The number of nitrogens with one attached hydrogen (secondary N) is 1. The Balaban J connectivity index is 1.61. The van der Waals surface area contributed by atoms with E-state index in [0.29, 0.717) is 11.3 Å². The van der Waals surface area contributed by atoms with Gasteiger partial charge >= 0.3 is 0 Å². The minimum absolute atomic E-state index is 0.121. The summed E-state index contributed by atoms with van der Waals surface area (Å²) in [5, 5.41) is 7.30. The van der Waals surface area contributed by atoms with E-state index in [1.54, 1.807) is 10.7 Å². The molecule has 9 heteroatoms. The molecule has 4 aromatic rings. The number of benzene rings is 2. The van der Waals surface area contributed by atoms with E-state index in [4.69, 9.17) is 0 Å². The van der Waals surface area contributed by atoms with Crippen molar-refractivity contribution in [3.63, 3.8) is 0 Å². The normalized spacial score (nSPS) is 11.0. The smallest absolute Gasteiger partial charge is 0.261 e. The van der Waals surface area contributed by atoms with Gasteiger partial charge < -0.3 is 5.32 Å². The Bertz CT molecular complexity index is 1300. The third-order valence-electron chi connectivity index (χ3n) is 4.25. The molecule has 0 spiro atoms. The molecule has 1 N–H and O–H groups in total. The molecule has 1 amide bonds. The monoisotopic (exact) mass is 455 g/mol. The Hall–Kier alpha value is -3.33. The SMILES string of the molecule is Cc1cc(NC(=O)Cn2cnc3ccc(F)cc3c2=O)n(-c2cccc(Br)c2)n1. The van der Waals surface area contributed by atoms with E-state index < -0.39 is 17.3 Å². The van der Waals surface area contributed by atoms with E-state index in [1.807, 2.05) is 31.2 Å². The first kappa shape index (κ1) is 19.0. The van der Waals surface area contributed by atoms with E-state index in [0.717, 1.165) is 26.5 Å². The van der Waals surface area contributed by atoms with Gasteiger partial charge in [0.25, 0.3) is 5.56 Å². The largest absolute Gasteiger partial charge is 0.309 e. The molecule has 0 radical (unpaired) electrons. The molecule has 0 atom stereocenters. The van der Waals surface area contributed by atoms with Crippen LogP contribution in [-0.2, 0) is 11.3 Å². The average Bonchev–Trinajstić information content (AvgIpc) is 3.04. The Kier molecular flexibility index (Phi) is 4.98. The zero-order chi connectivity index (χ0) is 20.5. The fourth-order valence-corrected chi connectivity index (χ4v) is 3.36. The van der Waals surface area contributed by atoms with Crippen molar-refractivity contribution in [2.45, 2.75) is 13.5 Å². The maximum Gasteiger partial charge on any atom is 0.261 e. The molecule has 0 aliphatic carbocycles. The van der Waals surface area contributed by atoms with Crippen molar-refractivity contribution < 1.29 is 9.18 Å². The molecule has 0 bridgehead atoms. The Morgan fingerprint density at radius 3 is 2.83 bits per heavy atom. The van der Waals surface area contributed by atoms with E-state index in [1.165, 1.54) is 18.5 Å². The Morgan fingerprint density at radius 1 is 1.21 bits per heavy atom. The Morgan fingerprint density at radius 2 is 2.03 bits per heavy atom. The van der Waals surface area contributed by atoms with Crippen LogP contribution < -0.4 is 10.9 Å². The number of aryl methyl sites for hydroxylation is 1. The van der Waals surface area contributed by atoms with E-state index in [-0.39, 0.29) is 11.9 Å². The van der Waals surface area contributed by atoms with Crippen LogP contribution in [0.1, 0.15) is 5.69 Å². The van der Waals surface area contributed by atoms with Gasteiger partial charge in [-0.25, -0.2) is 14.1 Å². The van der Waals surface area contributed by atoms with Crippen LogP contribution in [0.2, 0.25) is 0 Å². The van der Waals surface area contributed by atoms with Gasteiger partial charge in [-0.3, -0.25) is 14.2 Å². The lowest BCUT2D eigenvalue weighted by molar-refractivity contribution is -0.116. The van der Waals surface area contributed by atoms with Crippen molar-refractivity contribution >= 4 is 38.6 Å². The van der Waals surface area contributed by atoms with Gasteiger partial charge in [0.05, 0.1) is 28.6 Å². The maximum atomic E-state index is 13.5. The van der Waals surface area contributed by atoms with Gasteiger partial charge in [0, 0.05) is 10.5 Å². The van der Waals surface area contributed by atoms with E-state index in [2.05, 4.69) is 31.3 Å². The van der Waals surface area contributed by atoms with Gasteiger partial charge in [-0.2, -0.15) is 5.10 Å². The lowest BCUT2D eigenvalue weighted by Crippen LogP contribution is -2.28. The molecular weight excluding hydrogens is 441 g/mol. The van der Waals surface area contributed by atoms with Crippen LogP contribution >= 0.6 is 15.9 Å². The molecule has 2 aromatic heterocycles. The standard InChI is InChI=1S/C20H15BrFN5O2/c1-12-7-18(27(25-12)15-4-2-3-13(21)8-15)24-19(28)10-26-11-23-17-6-5-14(22)9-16(17)20(26)29/h2-9,11H,10H2,1H3,(H,24,28). The van der Waals surface area contributed by atoms with Crippen molar-refractivity contribution in [2.75, 3.05) is 5.32 Å². The molecule has 4 rings (SSSR count). The summed E-state index contributed by atoms with van der Waals surface area (Å²) >= 11 is 3.42. The summed E-state index contributed by atoms with van der Waals surface area (Å²) in [7, 11) is 0. The highest BCUT2D eigenvalue weighted by molar-refractivity contribution is 9.10. The van der Waals surface area contributed by atoms with Crippen molar-refractivity contribution in [3.8, 4) is 5.69 Å². The zero-order valence-electron chi connectivity index (χ0n) is 15.3. The number of nitrogens with zero attached hydrogens (tertiary/aromatic N) is 4. The predicted molar refractivity (Wildman–Crippen MR) is 111 cm³/mol. The molecule has 0 unspecified atom stereocenters. The van der Waals surface area contributed by atoms with Crippen molar-refractivity contribution in [1.82, 2.24) is 19.3 Å². The summed E-state index contributed by atoms with van der Waals surface area (Å²) in [6.07, 6.45) is 1.28. The maximum absolute atomic E-state index is 13.5. The molecule has 0 aliphatic heterocycles. The van der Waals surface area contributed by atoms with Crippen LogP contribution in [0.4, 0.5) is 10.2 Å². The van der Waals surface area contributed by atoms with E-state index >= 15 is 0 Å². The summed E-state index contributed by atoms with van der Waals surface area (Å²) in [5.74, 6) is -0.494. The van der Waals surface area contributed by atoms with Crippen LogP contribution in [0.25, 0.3) is 16.6 Å². The molecule has 0 saturated carbocycles. The highest BCUT2D eigenvalue weighted by Crippen LogP contribution is 2.20. The van der Waals surface area contributed by atoms with Crippen LogP contribution in [0.15, 0.2) is 64.1 Å². The van der Waals surface area contributed by atoms with E-state index in [9.17, 15) is 14.0 Å². The molecule has 0 saturated heterocycles. The number of halogens is 2. The first-order chi connectivity index (χ1) is 13.9. The zero-order valence-corrected chi connectivity index (χ0v) is 16.9.